The lowest BCUT2D eigenvalue weighted by molar-refractivity contribution is -0.141. The predicted octanol–water partition coefficient (Wildman–Crippen LogP) is 1.06. The molecule has 0 aliphatic rings. The fourth-order valence-corrected chi connectivity index (χ4v) is 1.46. The first kappa shape index (κ1) is 13.2. The number of anilines is 2. The van der Waals surface area contributed by atoms with E-state index in [-0.39, 0.29) is 5.97 Å². The van der Waals surface area contributed by atoms with Crippen LogP contribution >= 0.6 is 0 Å². The largest absolute Gasteiger partial charge is 0.467 e. The molecule has 6 heteroatoms. The monoisotopic (exact) mass is 238 g/mol. The predicted molar refractivity (Wildman–Crippen MR) is 65.3 cm³/mol. The fraction of sp³-hybridized carbons (Fsp3) is 0.545. The molecule has 0 aliphatic carbocycles. The fourth-order valence-electron chi connectivity index (χ4n) is 1.46. The van der Waals surface area contributed by atoms with Gasteiger partial charge >= 0.3 is 5.97 Å². The zero-order chi connectivity index (χ0) is 12.8. The van der Waals surface area contributed by atoms with Crippen LogP contribution in [0, 0.1) is 5.92 Å². The highest BCUT2D eigenvalue weighted by Crippen LogP contribution is 2.13. The lowest BCUT2D eigenvalue weighted by Gasteiger charge is -2.18. The van der Waals surface area contributed by atoms with Crippen LogP contribution in [0.3, 0.4) is 0 Å². The average molecular weight is 238 g/mol. The number of methoxy groups -OCH3 is 1. The number of carbonyl (C=O) groups excluding carboxylic acids is 1. The Labute approximate surface area is 101 Å². The SMILES string of the molecule is COC(=O)C(CC(C)C)Nc1cc(N)ncn1. The van der Waals surface area contributed by atoms with Gasteiger partial charge in [-0.25, -0.2) is 14.8 Å². The Bertz CT molecular complexity index is 381. The molecular formula is C11H18N4O2. The van der Waals surface area contributed by atoms with Crippen LogP contribution < -0.4 is 11.1 Å². The lowest BCUT2D eigenvalue weighted by atomic mass is 10.0. The van der Waals surface area contributed by atoms with E-state index in [0.717, 1.165) is 0 Å². The number of rotatable bonds is 5. The molecule has 1 unspecified atom stereocenters. The summed E-state index contributed by atoms with van der Waals surface area (Å²) in [5, 5.41) is 3.00. The third-order valence-corrected chi connectivity index (χ3v) is 2.20. The van der Waals surface area contributed by atoms with E-state index in [1.165, 1.54) is 13.4 Å². The normalized spacial score (nSPS) is 12.2. The molecule has 1 rings (SSSR count). The van der Waals surface area contributed by atoms with Crippen LogP contribution in [0.5, 0.6) is 0 Å². The van der Waals surface area contributed by atoms with Crippen molar-refractivity contribution in [3.05, 3.63) is 12.4 Å². The van der Waals surface area contributed by atoms with Crippen molar-refractivity contribution in [2.45, 2.75) is 26.3 Å². The van der Waals surface area contributed by atoms with Gasteiger partial charge in [-0.2, -0.15) is 0 Å². The zero-order valence-corrected chi connectivity index (χ0v) is 10.3. The van der Waals surface area contributed by atoms with Crippen LogP contribution in [0.2, 0.25) is 0 Å². The van der Waals surface area contributed by atoms with Gasteiger partial charge in [0.15, 0.2) is 0 Å². The lowest BCUT2D eigenvalue weighted by Crippen LogP contribution is -2.32. The molecule has 1 aromatic rings. The van der Waals surface area contributed by atoms with Crippen molar-refractivity contribution in [1.29, 1.82) is 0 Å². The number of aromatic nitrogens is 2. The van der Waals surface area contributed by atoms with E-state index in [0.29, 0.717) is 24.0 Å². The van der Waals surface area contributed by atoms with Crippen molar-refractivity contribution < 1.29 is 9.53 Å². The quantitative estimate of drug-likeness (QED) is 0.745. The molecule has 0 amide bonds. The Kier molecular flexibility index (Phi) is 4.68. The molecule has 0 saturated heterocycles. The number of ether oxygens (including phenoxy) is 1. The minimum atomic E-state index is -0.422. The van der Waals surface area contributed by atoms with E-state index in [9.17, 15) is 4.79 Å². The Morgan fingerprint density at radius 2 is 2.24 bits per heavy atom. The van der Waals surface area contributed by atoms with Crippen molar-refractivity contribution in [3.8, 4) is 0 Å². The van der Waals surface area contributed by atoms with Crippen molar-refractivity contribution in [3.63, 3.8) is 0 Å². The van der Waals surface area contributed by atoms with Gasteiger partial charge in [-0.05, 0) is 12.3 Å². The molecular weight excluding hydrogens is 220 g/mol. The Balaban J connectivity index is 2.75. The molecule has 1 atom stereocenters. The second kappa shape index (κ2) is 6.03. The summed E-state index contributed by atoms with van der Waals surface area (Å²) in [6.07, 6.45) is 2.01. The molecule has 17 heavy (non-hydrogen) atoms. The van der Waals surface area contributed by atoms with Crippen molar-refractivity contribution in [1.82, 2.24) is 9.97 Å². The minimum Gasteiger partial charge on any atom is -0.467 e. The average Bonchev–Trinajstić information content (AvgIpc) is 2.26. The molecule has 0 aromatic carbocycles. The number of nitrogen functional groups attached to an aromatic ring is 1. The van der Waals surface area contributed by atoms with Gasteiger partial charge in [-0.3, -0.25) is 0 Å². The third kappa shape index (κ3) is 4.26. The van der Waals surface area contributed by atoms with Gasteiger partial charge in [0, 0.05) is 6.07 Å². The van der Waals surface area contributed by atoms with Gasteiger partial charge in [-0.1, -0.05) is 13.8 Å². The molecule has 94 valence electrons. The van der Waals surface area contributed by atoms with Crippen molar-refractivity contribution in [2.75, 3.05) is 18.2 Å². The van der Waals surface area contributed by atoms with Gasteiger partial charge in [0.2, 0.25) is 0 Å². The summed E-state index contributed by atoms with van der Waals surface area (Å²) in [5.41, 5.74) is 5.54. The first-order valence-corrected chi connectivity index (χ1v) is 5.44. The van der Waals surface area contributed by atoms with Gasteiger partial charge < -0.3 is 15.8 Å². The van der Waals surface area contributed by atoms with Gasteiger partial charge in [0.25, 0.3) is 0 Å². The van der Waals surface area contributed by atoms with Gasteiger partial charge in [-0.15, -0.1) is 0 Å². The van der Waals surface area contributed by atoms with E-state index in [1.54, 1.807) is 6.07 Å². The third-order valence-electron chi connectivity index (χ3n) is 2.20. The molecule has 0 spiro atoms. The maximum absolute atomic E-state index is 11.6. The summed E-state index contributed by atoms with van der Waals surface area (Å²) in [5.74, 6) is 0.936. The number of carbonyl (C=O) groups is 1. The smallest absolute Gasteiger partial charge is 0.328 e. The number of nitrogens with two attached hydrogens (primary N) is 1. The summed E-state index contributed by atoms with van der Waals surface area (Å²) in [6.45, 7) is 4.07. The molecule has 1 aromatic heterocycles. The van der Waals surface area contributed by atoms with Crippen LogP contribution in [0.25, 0.3) is 0 Å². The maximum Gasteiger partial charge on any atom is 0.328 e. The number of esters is 1. The van der Waals surface area contributed by atoms with E-state index < -0.39 is 6.04 Å². The number of nitrogens with one attached hydrogen (secondary N) is 1. The Hall–Kier alpha value is -1.85. The van der Waals surface area contributed by atoms with Gasteiger partial charge in [0.05, 0.1) is 7.11 Å². The minimum absolute atomic E-state index is 0.309. The van der Waals surface area contributed by atoms with E-state index >= 15 is 0 Å². The maximum atomic E-state index is 11.6. The molecule has 0 fully saturated rings. The van der Waals surface area contributed by atoms with Crippen LogP contribution in [0.15, 0.2) is 12.4 Å². The van der Waals surface area contributed by atoms with Crippen LogP contribution in [-0.2, 0) is 9.53 Å². The molecule has 0 radical (unpaired) electrons. The number of nitrogens with zero attached hydrogens (tertiary/aromatic N) is 2. The first-order valence-electron chi connectivity index (χ1n) is 5.44. The molecule has 1 heterocycles. The highest BCUT2D eigenvalue weighted by molar-refractivity contribution is 5.78. The highest BCUT2D eigenvalue weighted by Gasteiger charge is 2.20. The van der Waals surface area contributed by atoms with Crippen molar-refractivity contribution >= 4 is 17.6 Å². The van der Waals surface area contributed by atoms with E-state index in [4.69, 9.17) is 10.5 Å². The molecule has 3 N–H and O–H groups in total. The van der Waals surface area contributed by atoms with Crippen LogP contribution in [-0.4, -0.2) is 29.1 Å². The second-order valence-electron chi connectivity index (χ2n) is 4.18. The summed E-state index contributed by atoms with van der Waals surface area (Å²) < 4.78 is 4.74. The summed E-state index contributed by atoms with van der Waals surface area (Å²) in [6, 6.07) is 1.16. The molecule has 0 saturated carbocycles. The molecule has 6 nitrogen and oxygen atoms in total. The van der Waals surface area contributed by atoms with Crippen LogP contribution in [0.4, 0.5) is 11.6 Å². The number of hydrogen-bond acceptors (Lipinski definition) is 6. The van der Waals surface area contributed by atoms with E-state index in [2.05, 4.69) is 15.3 Å². The standard InChI is InChI=1S/C11H18N4O2/c1-7(2)4-8(11(16)17-3)15-10-5-9(12)13-6-14-10/h5-8H,4H2,1-3H3,(H3,12,13,14,15). The molecule has 0 bridgehead atoms. The topological polar surface area (TPSA) is 90.1 Å². The summed E-state index contributed by atoms with van der Waals surface area (Å²) in [4.78, 5) is 19.4. The number of hydrogen-bond donors (Lipinski definition) is 2. The van der Waals surface area contributed by atoms with Crippen LogP contribution in [0.1, 0.15) is 20.3 Å². The summed E-state index contributed by atoms with van der Waals surface area (Å²) >= 11 is 0. The van der Waals surface area contributed by atoms with Gasteiger partial charge in [0.1, 0.15) is 24.0 Å². The van der Waals surface area contributed by atoms with E-state index in [1.807, 2.05) is 13.8 Å². The zero-order valence-electron chi connectivity index (χ0n) is 10.3. The second-order valence-corrected chi connectivity index (χ2v) is 4.18. The summed E-state index contributed by atoms with van der Waals surface area (Å²) in [7, 11) is 1.37. The molecule has 0 aliphatic heterocycles. The Morgan fingerprint density at radius 1 is 1.53 bits per heavy atom. The van der Waals surface area contributed by atoms with Crippen molar-refractivity contribution in [2.24, 2.45) is 5.92 Å². The Morgan fingerprint density at radius 3 is 2.76 bits per heavy atom. The first-order chi connectivity index (χ1) is 8.02. The highest BCUT2D eigenvalue weighted by atomic mass is 16.5.